The zero-order chi connectivity index (χ0) is 15.6. The molecule has 1 aromatic heterocycles. The summed E-state index contributed by atoms with van der Waals surface area (Å²) >= 11 is 12.0. The van der Waals surface area contributed by atoms with E-state index in [9.17, 15) is 4.79 Å². The fraction of sp³-hybridized carbons (Fsp3) is 0.357. The van der Waals surface area contributed by atoms with Crippen LogP contribution >= 0.6 is 23.2 Å². The minimum atomic E-state index is -0.283. The van der Waals surface area contributed by atoms with Crippen LogP contribution < -0.4 is 11.3 Å². The van der Waals surface area contributed by atoms with Crippen molar-refractivity contribution in [1.29, 1.82) is 0 Å². The molecule has 0 spiro atoms. The monoisotopic (exact) mass is 329 g/mol. The zero-order valence-corrected chi connectivity index (χ0v) is 13.4. The molecule has 0 bridgehead atoms. The number of rotatable bonds is 5. The second-order valence-electron chi connectivity index (χ2n) is 4.63. The molecule has 1 heterocycles. The Morgan fingerprint density at radius 2 is 2.00 bits per heavy atom. The van der Waals surface area contributed by atoms with Crippen molar-refractivity contribution in [2.45, 2.75) is 26.5 Å². The van der Waals surface area contributed by atoms with Crippen LogP contribution in [-0.2, 0) is 17.9 Å². The summed E-state index contributed by atoms with van der Waals surface area (Å²) in [6.45, 7) is 2.94. The maximum absolute atomic E-state index is 12.4. The maximum atomic E-state index is 12.4. The summed E-state index contributed by atoms with van der Waals surface area (Å²) in [5, 5.41) is 0.823. The van der Waals surface area contributed by atoms with E-state index in [0.717, 1.165) is 6.42 Å². The summed E-state index contributed by atoms with van der Waals surface area (Å²) in [6.07, 6.45) is 0.853. The predicted molar refractivity (Wildman–Crippen MR) is 85.5 cm³/mol. The number of aromatic nitrogens is 2. The van der Waals surface area contributed by atoms with E-state index >= 15 is 0 Å². The molecule has 0 unspecified atom stereocenters. The molecule has 2 aromatic rings. The summed E-state index contributed by atoms with van der Waals surface area (Å²) in [4.78, 5) is 12.4. The number of benzene rings is 1. The number of anilines is 1. The van der Waals surface area contributed by atoms with Gasteiger partial charge in [-0.1, -0.05) is 30.1 Å². The Balaban J connectivity index is 2.69. The van der Waals surface area contributed by atoms with Gasteiger partial charge in [-0.2, -0.15) is 0 Å². The van der Waals surface area contributed by atoms with Crippen molar-refractivity contribution in [3.8, 4) is 5.69 Å². The summed E-state index contributed by atoms with van der Waals surface area (Å²) in [5.41, 5.74) is 7.12. The third-order valence-electron chi connectivity index (χ3n) is 3.15. The summed E-state index contributed by atoms with van der Waals surface area (Å²) < 4.78 is 8.47. The van der Waals surface area contributed by atoms with Crippen molar-refractivity contribution < 1.29 is 4.74 Å². The van der Waals surface area contributed by atoms with E-state index in [1.807, 2.05) is 11.6 Å². The Morgan fingerprint density at radius 1 is 1.29 bits per heavy atom. The molecule has 0 radical (unpaired) electrons. The van der Waals surface area contributed by atoms with E-state index < -0.39 is 0 Å². The number of ether oxygens (including phenoxy) is 1. The summed E-state index contributed by atoms with van der Waals surface area (Å²) in [6, 6.07) is 5.03. The molecule has 7 heteroatoms. The average Bonchev–Trinajstić information content (AvgIpc) is 2.68. The van der Waals surface area contributed by atoms with Crippen molar-refractivity contribution in [3.63, 3.8) is 0 Å². The molecule has 21 heavy (non-hydrogen) atoms. The smallest absolute Gasteiger partial charge is 0.294 e. The SMILES string of the molecule is CCCn1c(COC)c(N)c(=O)n1-c1ccc(Cl)c(Cl)c1. The van der Waals surface area contributed by atoms with Gasteiger partial charge in [0.15, 0.2) is 0 Å². The van der Waals surface area contributed by atoms with Gasteiger partial charge in [0.25, 0.3) is 5.56 Å². The zero-order valence-electron chi connectivity index (χ0n) is 11.9. The van der Waals surface area contributed by atoms with Crippen LogP contribution in [-0.4, -0.2) is 16.5 Å². The second kappa shape index (κ2) is 6.56. The third-order valence-corrected chi connectivity index (χ3v) is 3.89. The fourth-order valence-corrected chi connectivity index (χ4v) is 2.51. The van der Waals surface area contributed by atoms with Crippen molar-refractivity contribution >= 4 is 28.9 Å². The lowest BCUT2D eigenvalue weighted by molar-refractivity contribution is 0.176. The molecule has 0 amide bonds. The molecule has 114 valence electrons. The third kappa shape index (κ3) is 2.95. The topological polar surface area (TPSA) is 62.2 Å². The molecular weight excluding hydrogens is 313 g/mol. The first-order valence-corrected chi connectivity index (χ1v) is 7.31. The number of nitrogens with two attached hydrogens (primary N) is 1. The first-order valence-electron chi connectivity index (χ1n) is 6.55. The molecule has 2 rings (SSSR count). The highest BCUT2D eigenvalue weighted by atomic mass is 35.5. The number of hydrogen-bond donors (Lipinski definition) is 1. The molecule has 0 aliphatic heterocycles. The Labute approximate surface area is 132 Å². The highest BCUT2D eigenvalue weighted by Crippen LogP contribution is 2.25. The van der Waals surface area contributed by atoms with Gasteiger partial charge in [0.1, 0.15) is 5.69 Å². The standard InChI is InChI=1S/C14H17Cl2N3O2/c1-3-6-18-12(8-21-2)13(17)14(20)19(18)9-4-5-10(15)11(16)7-9/h4-5,7H,3,6,8,17H2,1-2H3. The van der Waals surface area contributed by atoms with Gasteiger partial charge in [-0.15, -0.1) is 0 Å². The van der Waals surface area contributed by atoms with Crippen LogP contribution in [0.3, 0.4) is 0 Å². The van der Waals surface area contributed by atoms with Gasteiger partial charge in [0.2, 0.25) is 0 Å². The summed E-state index contributed by atoms with van der Waals surface area (Å²) in [5.74, 6) is 0. The van der Waals surface area contributed by atoms with Crippen molar-refractivity contribution in [1.82, 2.24) is 9.36 Å². The lowest BCUT2D eigenvalue weighted by Crippen LogP contribution is -2.22. The van der Waals surface area contributed by atoms with Gasteiger partial charge in [0, 0.05) is 13.7 Å². The second-order valence-corrected chi connectivity index (χ2v) is 5.45. The number of hydrogen-bond acceptors (Lipinski definition) is 3. The lowest BCUT2D eigenvalue weighted by Gasteiger charge is -2.14. The maximum Gasteiger partial charge on any atom is 0.294 e. The molecule has 1 aromatic carbocycles. The van der Waals surface area contributed by atoms with Gasteiger partial charge in [0.05, 0.1) is 28.0 Å². The van der Waals surface area contributed by atoms with Crippen LogP contribution in [0.5, 0.6) is 0 Å². The molecule has 0 aliphatic carbocycles. The van der Waals surface area contributed by atoms with E-state index in [0.29, 0.717) is 28.0 Å². The first kappa shape index (κ1) is 15.9. The number of nitrogens with zero attached hydrogens (tertiary/aromatic N) is 2. The van der Waals surface area contributed by atoms with Crippen LogP contribution in [0.4, 0.5) is 5.69 Å². The molecular formula is C14H17Cl2N3O2. The van der Waals surface area contributed by atoms with E-state index in [-0.39, 0.29) is 17.9 Å². The lowest BCUT2D eigenvalue weighted by atomic mass is 10.3. The first-order chi connectivity index (χ1) is 10.0. The van der Waals surface area contributed by atoms with Crippen LogP contribution in [0.2, 0.25) is 10.0 Å². The van der Waals surface area contributed by atoms with Crippen molar-refractivity contribution in [2.24, 2.45) is 0 Å². The minimum Gasteiger partial charge on any atom is -0.393 e. The van der Waals surface area contributed by atoms with Crippen LogP contribution in [0.25, 0.3) is 5.69 Å². The number of methoxy groups -OCH3 is 1. The molecule has 5 nitrogen and oxygen atoms in total. The van der Waals surface area contributed by atoms with Crippen LogP contribution in [0.1, 0.15) is 19.0 Å². The largest absolute Gasteiger partial charge is 0.393 e. The van der Waals surface area contributed by atoms with Gasteiger partial charge < -0.3 is 10.5 Å². The molecule has 2 N–H and O–H groups in total. The normalized spacial score (nSPS) is 11.0. The van der Waals surface area contributed by atoms with E-state index in [4.69, 9.17) is 33.7 Å². The molecule has 0 atom stereocenters. The van der Waals surface area contributed by atoms with Crippen LogP contribution in [0, 0.1) is 0 Å². The van der Waals surface area contributed by atoms with Crippen molar-refractivity contribution in [3.05, 3.63) is 44.3 Å². The Bertz CT molecular complexity index is 707. The Morgan fingerprint density at radius 3 is 2.57 bits per heavy atom. The molecule has 0 fully saturated rings. The van der Waals surface area contributed by atoms with Crippen LogP contribution in [0.15, 0.2) is 23.0 Å². The Kier molecular flexibility index (Phi) is 4.98. The highest BCUT2D eigenvalue weighted by molar-refractivity contribution is 6.42. The van der Waals surface area contributed by atoms with Gasteiger partial charge in [-0.3, -0.25) is 9.48 Å². The van der Waals surface area contributed by atoms with Gasteiger partial charge >= 0.3 is 0 Å². The molecule has 0 saturated heterocycles. The molecule has 0 saturated carbocycles. The molecule has 0 aliphatic rings. The Hall–Kier alpha value is -1.43. The highest BCUT2D eigenvalue weighted by Gasteiger charge is 2.18. The summed E-state index contributed by atoms with van der Waals surface area (Å²) in [7, 11) is 1.57. The quantitative estimate of drug-likeness (QED) is 0.916. The average molecular weight is 330 g/mol. The van der Waals surface area contributed by atoms with E-state index in [1.165, 1.54) is 4.68 Å². The fourth-order valence-electron chi connectivity index (χ4n) is 2.22. The predicted octanol–water partition coefficient (Wildman–Crippen LogP) is 3.08. The van der Waals surface area contributed by atoms with Crippen molar-refractivity contribution in [2.75, 3.05) is 12.8 Å². The number of nitrogen functional groups attached to an aromatic ring is 1. The van der Waals surface area contributed by atoms with E-state index in [1.54, 1.807) is 25.3 Å². The van der Waals surface area contributed by atoms with Gasteiger partial charge in [-0.25, -0.2) is 4.68 Å². The van der Waals surface area contributed by atoms with E-state index in [2.05, 4.69) is 0 Å². The number of halogens is 2. The van der Waals surface area contributed by atoms with Gasteiger partial charge in [-0.05, 0) is 24.6 Å². The minimum absolute atomic E-state index is 0.191.